The molecule has 2 unspecified atom stereocenters. The lowest BCUT2D eigenvalue weighted by molar-refractivity contribution is -0.143. The van der Waals surface area contributed by atoms with E-state index in [0.29, 0.717) is 25.9 Å². The summed E-state index contributed by atoms with van der Waals surface area (Å²) in [7, 11) is 0. The van der Waals surface area contributed by atoms with Gasteiger partial charge < -0.3 is 20.3 Å². The minimum absolute atomic E-state index is 0.0107. The van der Waals surface area contributed by atoms with Gasteiger partial charge in [0.1, 0.15) is 0 Å². The standard InChI is InChI=1S/C77H149NO5/c1-3-5-7-9-11-13-15-17-19-21-22-35-38-41-45-49-53-57-61-65-69-75(80)74(73-79)78-76(81)70-66-62-58-54-50-46-42-39-36-33-31-29-27-25-23-24-26-28-30-32-34-37-40-44-48-52-56-60-64-68-72-83-77(82)71-67-63-59-55-51-47-43-20-18-16-14-12-10-8-6-4-2/h20,24,26,43,74-75,79-80H,3-19,21-23,25,27-42,44-73H2,1-2H3,(H,78,81)/b26-24-,43-20-. The monoisotopic (exact) mass is 1170 g/mol. The first-order valence-corrected chi connectivity index (χ1v) is 38.1. The van der Waals surface area contributed by atoms with Crippen LogP contribution in [-0.2, 0) is 14.3 Å². The highest BCUT2D eigenvalue weighted by molar-refractivity contribution is 5.76. The van der Waals surface area contributed by atoms with Crippen molar-refractivity contribution < 1.29 is 24.5 Å². The highest BCUT2D eigenvalue weighted by atomic mass is 16.5. The SMILES string of the molecule is CCCCCCCCC/C=C\CCCCCCCC(=O)OCCCCCCCCCCCCCC/C=C\CCCCCCCCCCCCCCCCC(=O)NC(CO)C(O)CCCCCCCCCCCCCCCCCCCCCC. The lowest BCUT2D eigenvalue weighted by atomic mass is 10.0. The molecule has 0 aliphatic heterocycles. The van der Waals surface area contributed by atoms with Crippen molar-refractivity contribution in [2.75, 3.05) is 13.2 Å². The van der Waals surface area contributed by atoms with E-state index in [4.69, 9.17) is 4.74 Å². The van der Waals surface area contributed by atoms with Crippen molar-refractivity contribution in [1.29, 1.82) is 0 Å². The van der Waals surface area contributed by atoms with Gasteiger partial charge >= 0.3 is 5.97 Å². The van der Waals surface area contributed by atoms with E-state index in [0.717, 1.165) is 44.9 Å². The molecule has 0 spiro atoms. The topological polar surface area (TPSA) is 95.9 Å². The predicted octanol–water partition coefficient (Wildman–Crippen LogP) is 24.9. The third-order valence-electron chi connectivity index (χ3n) is 18.0. The first-order valence-electron chi connectivity index (χ1n) is 38.1. The van der Waals surface area contributed by atoms with Crippen LogP contribution in [0.25, 0.3) is 0 Å². The van der Waals surface area contributed by atoms with Crippen molar-refractivity contribution >= 4 is 11.9 Å². The van der Waals surface area contributed by atoms with E-state index in [9.17, 15) is 19.8 Å². The van der Waals surface area contributed by atoms with Crippen LogP contribution < -0.4 is 5.32 Å². The summed E-state index contributed by atoms with van der Waals surface area (Å²) in [5, 5.41) is 23.4. The van der Waals surface area contributed by atoms with Gasteiger partial charge in [0.25, 0.3) is 0 Å². The number of nitrogens with one attached hydrogen (secondary N) is 1. The van der Waals surface area contributed by atoms with Gasteiger partial charge in [0.2, 0.25) is 5.91 Å². The van der Waals surface area contributed by atoms with Gasteiger partial charge in [-0.15, -0.1) is 0 Å². The molecule has 0 aromatic rings. The van der Waals surface area contributed by atoms with Crippen LogP contribution in [0.3, 0.4) is 0 Å². The number of aliphatic hydroxyl groups excluding tert-OH is 2. The molecule has 83 heavy (non-hydrogen) atoms. The van der Waals surface area contributed by atoms with Gasteiger partial charge in [-0.3, -0.25) is 9.59 Å². The summed E-state index contributed by atoms with van der Waals surface area (Å²) >= 11 is 0. The molecule has 0 bridgehead atoms. The molecule has 0 aliphatic rings. The van der Waals surface area contributed by atoms with Crippen LogP contribution in [0.1, 0.15) is 431 Å². The van der Waals surface area contributed by atoms with Crippen molar-refractivity contribution in [3.05, 3.63) is 24.3 Å². The van der Waals surface area contributed by atoms with E-state index >= 15 is 0 Å². The maximum atomic E-state index is 12.6. The number of aliphatic hydroxyl groups is 2. The molecule has 3 N–H and O–H groups in total. The molecule has 492 valence electrons. The summed E-state index contributed by atoms with van der Waals surface area (Å²) in [5.74, 6) is -0.0181. The fourth-order valence-electron chi connectivity index (χ4n) is 12.2. The second-order valence-electron chi connectivity index (χ2n) is 26.3. The van der Waals surface area contributed by atoms with Crippen molar-refractivity contribution in [2.24, 2.45) is 0 Å². The Morgan fingerprint density at radius 2 is 0.566 bits per heavy atom. The van der Waals surface area contributed by atoms with Crippen molar-refractivity contribution in [2.45, 2.75) is 443 Å². The quantitative estimate of drug-likeness (QED) is 0.0320. The van der Waals surface area contributed by atoms with E-state index in [1.54, 1.807) is 0 Å². The van der Waals surface area contributed by atoms with E-state index in [1.807, 2.05) is 0 Å². The first-order chi connectivity index (χ1) is 41.0. The van der Waals surface area contributed by atoms with E-state index in [2.05, 4.69) is 43.5 Å². The van der Waals surface area contributed by atoms with Gasteiger partial charge in [-0.2, -0.15) is 0 Å². The van der Waals surface area contributed by atoms with E-state index in [1.165, 1.54) is 353 Å². The minimum atomic E-state index is -0.664. The predicted molar refractivity (Wildman–Crippen MR) is 366 cm³/mol. The Kier molecular flexibility index (Phi) is 71.4. The second kappa shape index (κ2) is 72.8. The molecular formula is C77H149NO5. The summed E-state index contributed by atoms with van der Waals surface area (Å²) in [6, 6.07) is -0.541. The number of carbonyl (C=O) groups excluding carboxylic acids is 2. The molecule has 0 saturated heterocycles. The molecule has 6 heteroatoms. The normalized spacial score (nSPS) is 12.6. The van der Waals surface area contributed by atoms with Crippen molar-refractivity contribution in [3.8, 4) is 0 Å². The maximum absolute atomic E-state index is 12.6. The Hall–Kier alpha value is -1.66. The fraction of sp³-hybridized carbons (Fsp3) is 0.922. The van der Waals surface area contributed by atoms with Crippen LogP contribution in [0.4, 0.5) is 0 Å². The Balaban J connectivity index is 3.36. The molecule has 0 aliphatic carbocycles. The molecule has 0 fully saturated rings. The molecule has 0 saturated carbocycles. The number of ether oxygens (including phenoxy) is 1. The van der Waals surface area contributed by atoms with Crippen LogP contribution in [0.5, 0.6) is 0 Å². The summed E-state index contributed by atoms with van der Waals surface area (Å²) in [6.45, 7) is 4.99. The van der Waals surface area contributed by atoms with Crippen LogP contribution in [0, 0.1) is 0 Å². The molecule has 0 heterocycles. The zero-order valence-electron chi connectivity index (χ0n) is 56.5. The minimum Gasteiger partial charge on any atom is -0.466 e. The number of allylic oxidation sites excluding steroid dienone is 4. The maximum Gasteiger partial charge on any atom is 0.305 e. The van der Waals surface area contributed by atoms with Gasteiger partial charge in [-0.25, -0.2) is 0 Å². The Morgan fingerprint density at radius 1 is 0.325 bits per heavy atom. The van der Waals surface area contributed by atoms with Gasteiger partial charge in [-0.1, -0.05) is 366 Å². The van der Waals surface area contributed by atoms with Gasteiger partial charge in [-0.05, 0) is 77.0 Å². The van der Waals surface area contributed by atoms with E-state index < -0.39 is 12.1 Å². The summed E-state index contributed by atoms with van der Waals surface area (Å²) in [4.78, 5) is 24.6. The third-order valence-corrected chi connectivity index (χ3v) is 18.0. The fourth-order valence-corrected chi connectivity index (χ4v) is 12.2. The molecule has 6 nitrogen and oxygen atoms in total. The second-order valence-corrected chi connectivity index (χ2v) is 26.3. The Bertz CT molecular complexity index is 1300. The molecule has 0 aromatic carbocycles. The lowest BCUT2D eigenvalue weighted by Gasteiger charge is -2.22. The van der Waals surface area contributed by atoms with Crippen molar-refractivity contribution in [3.63, 3.8) is 0 Å². The first kappa shape index (κ1) is 81.3. The lowest BCUT2D eigenvalue weighted by Crippen LogP contribution is -2.45. The van der Waals surface area contributed by atoms with Gasteiger partial charge in [0.05, 0.1) is 25.4 Å². The average Bonchev–Trinajstić information content (AvgIpc) is 3.48. The number of esters is 1. The Labute approximate surface area is 520 Å². The number of amides is 1. The number of hydrogen-bond donors (Lipinski definition) is 3. The zero-order valence-corrected chi connectivity index (χ0v) is 56.5. The largest absolute Gasteiger partial charge is 0.466 e. The highest BCUT2D eigenvalue weighted by Gasteiger charge is 2.20. The number of hydrogen-bond acceptors (Lipinski definition) is 5. The molecule has 2 atom stereocenters. The van der Waals surface area contributed by atoms with Gasteiger partial charge in [0, 0.05) is 12.8 Å². The van der Waals surface area contributed by atoms with E-state index in [-0.39, 0.29) is 18.5 Å². The zero-order chi connectivity index (χ0) is 59.9. The van der Waals surface area contributed by atoms with Crippen LogP contribution in [0.2, 0.25) is 0 Å². The third kappa shape index (κ3) is 69.3. The summed E-state index contributed by atoms with van der Waals surface area (Å²) in [5.41, 5.74) is 0. The van der Waals surface area contributed by atoms with Gasteiger partial charge in [0.15, 0.2) is 0 Å². The molecule has 0 rings (SSSR count). The van der Waals surface area contributed by atoms with Crippen LogP contribution in [-0.4, -0.2) is 47.4 Å². The highest BCUT2D eigenvalue weighted by Crippen LogP contribution is 2.19. The molecule has 0 aromatic heterocycles. The van der Waals surface area contributed by atoms with Crippen LogP contribution in [0.15, 0.2) is 24.3 Å². The summed E-state index contributed by atoms with van der Waals surface area (Å²) in [6.07, 6.45) is 92.5. The number of unbranched alkanes of at least 4 members (excludes halogenated alkanes) is 57. The summed E-state index contributed by atoms with van der Waals surface area (Å²) < 4.78 is 5.50. The number of carbonyl (C=O) groups is 2. The smallest absolute Gasteiger partial charge is 0.305 e. The molecular weight excluding hydrogens is 1020 g/mol. The van der Waals surface area contributed by atoms with Crippen LogP contribution >= 0.6 is 0 Å². The molecule has 0 radical (unpaired) electrons. The Morgan fingerprint density at radius 3 is 0.855 bits per heavy atom. The molecule has 1 amide bonds. The average molecular weight is 1170 g/mol. The van der Waals surface area contributed by atoms with Crippen molar-refractivity contribution in [1.82, 2.24) is 5.32 Å². The number of rotatable bonds is 72.